The average molecular weight is 316 g/mol. The maximum absolute atomic E-state index is 10.7. The summed E-state index contributed by atoms with van der Waals surface area (Å²) in [4.78, 5) is 20.1. The van der Waals surface area contributed by atoms with E-state index in [1.165, 1.54) is 6.92 Å². The Kier molecular flexibility index (Phi) is 5.60. The molecule has 2 rings (SSSR count). The number of aryl methyl sites for hydroxylation is 2. The number of aliphatic hydroxyl groups is 1. The number of carbonyl (C=O) groups excluding carboxylic acids is 1. The quantitative estimate of drug-likeness (QED) is 0.655. The molecule has 0 radical (unpaired) electrons. The molecule has 122 valence electrons. The number of aliphatic hydroxyl groups excluding tert-OH is 1. The van der Waals surface area contributed by atoms with Gasteiger partial charge in [0.25, 0.3) is 0 Å². The molecule has 5 heteroatoms. The molecule has 1 N–H and O–H groups in total. The summed E-state index contributed by atoms with van der Waals surface area (Å²) in [6.45, 7) is 5.57. The van der Waals surface area contributed by atoms with Crippen molar-refractivity contribution in [2.24, 2.45) is 0 Å². The summed E-state index contributed by atoms with van der Waals surface area (Å²) in [7, 11) is 0. The Bertz CT molecular complexity index is 653. The molecule has 0 amide bonds. The van der Waals surface area contributed by atoms with E-state index in [9.17, 15) is 4.79 Å². The second-order valence-electron chi connectivity index (χ2n) is 5.19. The first-order valence-electron chi connectivity index (χ1n) is 7.31. The van der Waals surface area contributed by atoms with Gasteiger partial charge in [-0.1, -0.05) is 12.1 Å². The molecule has 0 heterocycles. The molecule has 2 aromatic rings. The molecule has 0 saturated heterocycles. The Morgan fingerprint density at radius 2 is 1.65 bits per heavy atom. The fraction of sp³-hybridized carbons (Fsp3) is 0.278. The summed E-state index contributed by atoms with van der Waals surface area (Å²) < 4.78 is 5.46. The largest absolute Gasteiger partial charge is 0.491 e. The third kappa shape index (κ3) is 4.47. The summed E-state index contributed by atoms with van der Waals surface area (Å²) in [6, 6.07) is 11.2. The van der Waals surface area contributed by atoms with E-state index in [1.54, 1.807) is 12.1 Å². The van der Waals surface area contributed by atoms with Crippen LogP contribution in [0.15, 0.2) is 36.4 Å². The highest BCUT2D eigenvalue weighted by Gasteiger charge is 2.09. The lowest BCUT2D eigenvalue weighted by Crippen LogP contribution is -2.03. The number of ether oxygens (including phenoxy) is 1. The lowest BCUT2D eigenvalue weighted by atomic mass is 9.95. The zero-order valence-electron chi connectivity index (χ0n) is 13.5. The van der Waals surface area contributed by atoms with E-state index in [0.29, 0.717) is 5.75 Å². The molecule has 0 aromatic heterocycles. The van der Waals surface area contributed by atoms with Crippen LogP contribution in [-0.4, -0.2) is 24.3 Å². The predicted molar refractivity (Wildman–Crippen MR) is 86.3 cm³/mol. The normalized spacial score (nSPS) is 10.3. The minimum Gasteiger partial charge on any atom is -0.491 e. The van der Waals surface area contributed by atoms with Gasteiger partial charge in [-0.15, -0.1) is 0 Å². The van der Waals surface area contributed by atoms with E-state index in [4.69, 9.17) is 14.7 Å². The van der Waals surface area contributed by atoms with Crippen molar-refractivity contribution in [3.63, 3.8) is 0 Å². The van der Waals surface area contributed by atoms with Crippen molar-refractivity contribution in [2.75, 3.05) is 13.2 Å². The van der Waals surface area contributed by atoms with E-state index < -0.39 is 5.97 Å². The van der Waals surface area contributed by atoms with Gasteiger partial charge >= 0.3 is 5.97 Å². The van der Waals surface area contributed by atoms with Gasteiger partial charge in [-0.05, 0) is 60.4 Å². The Balaban J connectivity index is 2.22. The highest BCUT2D eigenvalue weighted by atomic mass is 17.2. The first-order chi connectivity index (χ1) is 11.0. The zero-order chi connectivity index (χ0) is 16.8. The van der Waals surface area contributed by atoms with Gasteiger partial charge in [-0.25, -0.2) is 4.79 Å². The van der Waals surface area contributed by atoms with Gasteiger partial charge in [0.1, 0.15) is 12.4 Å². The van der Waals surface area contributed by atoms with E-state index in [-0.39, 0.29) is 13.2 Å². The van der Waals surface area contributed by atoms with Gasteiger partial charge in [0.2, 0.25) is 0 Å². The highest BCUT2D eigenvalue weighted by molar-refractivity contribution is 5.72. The Morgan fingerprint density at radius 3 is 2.17 bits per heavy atom. The summed E-state index contributed by atoms with van der Waals surface area (Å²) in [5.74, 6) is 0.703. The van der Waals surface area contributed by atoms with Crippen LogP contribution in [0.5, 0.6) is 11.5 Å². The van der Waals surface area contributed by atoms with Crippen molar-refractivity contribution in [3.8, 4) is 22.6 Å². The van der Waals surface area contributed by atoms with E-state index in [0.717, 1.165) is 28.0 Å². The van der Waals surface area contributed by atoms with Crippen LogP contribution in [0.3, 0.4) is 0 Å². The first kappa shape index (κ1) is 16.8. The van der Waals surface area contributed by atoms with Gasteiger partial charge in [-0.2, -0.15) is 0 Å². The Labute approximate surface area is 135 Å². The van der Waals surface area contributed by atoms with Crippen molar-refractivity contribution >= 4 is 5.97 Å². The lowest BCUT2D eigenvalue weighted by Gasteiger charge is -2.14. The number of carbonyl (C=O) groups is 1. The van der Waals surface area contributed by atoms with Crippen molar-refractivity contribution in [1.82, 2.24) is 0 Å². The lowest BCUT2D eigenvalue weighted by molar-refractivity contribution is -0.210. The molecule has 0 aliphatic heterocycles. The molecular formula is C18H20O5. The maximum atomic E-state index is 10.7. The van der Waals surface area contributed by atoms with Gasteiger partial charge in [0, 0.05) is 6.92 Å². The van der Waals surface area contributed by atoms with Crippen LogP contribution < -0.4 is 9.62 Å². The van der Waals surface area contributed by atoms with Crippen LogP contribution in [0.25, 0.3) is 11.1 Å². The van der Waals surface area contributed by atoms with Crippen LogP contribution in [0.4, 0.5) is 0 Å². The van der Waals surface area contributed by atoms with Crippen LogP contribution in [0, 0.1) is 13.8 Å². The number of hydrogen-bond donors (Lipinski definition) is 1. The predicted octanol–water partition coefficient (Wildman–Crippen LogP) is 3.20. The standard InChI is InChI=1S/C18H20O5/c1-12-10-17(21-9-8-19)11-13(2)18(12)15-4-6-16(7-5-15)23-22-14(3)20/h4-7,10-11,19H,8-9H2,1-3H3. The number of rotatable bonds is 6. The zero-order valence-corrected chi connectivity index (χ0v) is 13.5. The number of hydrogen-bond acceptors (Lipinski definition) is 5. The van der Waals surface area contributed by atoms with E-state index in [2.05, 4.69) is 4.89 Å². The van der Waals surface area contributed by atoms with E-state index in [1.807, 2.05) is 38.1 Å². The molecule has 0 spiro atoms. The third-order valence-corrected chi connectivity index (χ3v) is 3.26. The smallest absolute Gasteiger partial charge is 0.352 e. The van der Waals surface area contributed by atoms with Gasteiger partial charge in [0.15, 0.2) is 5.75 Å². The molecule has 0 unspecified atom stereocenters. The molecule has 0 aliphatic rings. The molecule has 2 aromatic carbocycles. The second-order valence-corrected chi connectivity index (χ2v) is 5.19. The summed E-state index contributed by atoms with van der Waals surface area (Å²) in [5.41, 5.74) is 4.29. The van der Waals surface area contributed by atoms with Crippen LogP contribution in [-0.2, 0) is 9.68 Å². The molecule has 0 bridgehead atoms. The van der Waals surface area contributed by atoms with Crippen molar-refractivity contribution < 1.29 is 24.4 Å². The van der Waals surface area contributed by atoms with Crippen molar-refractivity contribution in [3.05, 3.63) is 47.5 Å². The SMILES string of the molecule is CC(=O)OOc1ccc(-c2c(C)cc(OCCO)cc2C)cc1. The fourth-order valence-corrected chi connectivity index (χ4v) is 2.41. The molecule has 23 heavy (non-hydrogen) atoms. The van der Waals surface area contributed by atoms with Gasteiger partial charge in [0.05, 0.1) is 6.61 Å². The molecule has 0 saturated carbocycles. The monoisotopic (exact) mass is 316 g/mol. The number of benzene rings is 2. The molecule has 0 aliphatic carbocycles. The van der Waals surface area contributed by atoms with Crippen molar-refractivity contribution in [2.45, 2.75) is 20.8 Å². The van der Waals surface area contributed by atoms with Crippen LogP contribution in [0.2, 0.25) is 0 Å². The minimum atomic E-state index is -0.501. The average Bonchev–Trinajstić information content (AvgIpc) is 2.51. The third-order valence-electron chi connectivity index (χ3n) is 3.26. The molecular weight excluding hydrogens is 296 g/mol. The summed E-state index contributed by atoms with van der Waals surface area (Å²) in [6.07, 6.45) is 0. The fourth-order valence-electron chi connectivity index (χ4n) is 2.41. The van der Waals surface area contributed by atoms with Crippen LogP contribution >= 0.6 is 0 Å². The Morgan fingerprint density at radius 1 is 1.04 bits per heavy atom. The van der Waals surface area contributed by atoms with Gasteiger partial charge < -0.3 is 9.84 Å². The molecule has 0 fully saturated rings. The van der Waals surface area contributed by atoms with Crippen molar-refractivity contribution in [1.29, 1.82) is 0 Å². The maximum Gasteiger partial charge on any atom is 0.352 e. The molecule has 0 atom stereocenters. The Hall–Kier alpha value is -2.53. The minimum absolute atomic E-state index is 0.0103. The van der Waals surface area contributed by atoms with Crippen LogP contribution in [0.1, 0.15) is 18.1 Å². The first-order valence-corrected chi connectivity index (χ1v) is 7.31. The van der Waals surface area contributed by atoms with Gasteiger partial charge in [-0.3, -0.25) is 9.78 Å². The topological polar surface area (TPSA) is 65.0 Å². The summed E-state index contributed by atoms with van der Waals surface area (Å²) in [5, 5.41) is 8.83. The summed E-state index contributed by atoms with van der Waals surface area (Å²) >= 11 is 0. The second kappa shape index (κ2) is 7.65. The molecule has 5 nitrogen and oxygen atoms in total. The highest BCUT2D eigenvalue weighted by Crippen LogP contribution is 2.32. The van der Waals surface area contributed by atoms with E-state index >= 15 is 0 Å².